The van der Waals surface area contributed by atoms with Gasteiger partial charge in [-0.3, -0.25) is 9.59 Å². The molecule has 2 amide bonds. The zero-order valence-electron chi connectivity index (χ0n) is 14.5. The molecule has 2 N–H and O–H groups in total. The molecule has 0 radical (unpaired) electrons. The SMILES string of the molecule is O=C(CC[C@H]1Cc2ccccc2NC1=O)Nc1cccc(-n2cnnn2)c1. The Hall–Kier alpha value is -3.55. The summed E-state index contributed by atoms with van der Waals surface area (Å²) < 4.78 is 1.51. The second-order valence-electron chi connectivity index (χ2n) is 6.44. The predicted octanol–water partition coefficient (Wildman–Crippen LogP) is 2.19. The van der Waals surface area contributed by atoms with Crippen LogP contribution in [0.4, 0.5) is 11.4 Å². The summed E-state index contributed by atoms with van der Waals surface area (Å²) >= 11 is 0. The third-order valence-corrected chi connectivity index (χ3v) is 4.58. The Balaban J connectivity index is 1.35. The zero-order chi connectivity index (χ0) is 18.6. The number of amides is 2. The summed E-state index contributed by atoms with van der Waals surface area (Å²) in [5, 5.41) is 16.8. The monoisotopic (exact) mass is 362 g/mol. The lowest BCUT2D eigenvalue weighted by molar-refractivity contribution is -0.121. The van der Waals surface area contributed by atoms with E-state index in [9.17, 15) is 9.59 Å². The lowest BCUT2D eigenvalue weighted by Gasteiger charge is -2.24. The maximum absolute atomic E-state index is 12.3. The standard InChI is InChI=1S/C19H18N6O2/c26-18(21-15-5-3-6-16(11-15)25-12-20-23-24-25)9-8-14-10-13-4-1-2-7-17(13)22-19(14)27/h1-7,11-12,14H,8-10H2,(H,21,26)(H,22,27)/t14-/m0/s1. The highest BCUT2D eigenvalue weighted by atomic mass is 16.2. The number of hydrogen-bond donors (Lipinski definition) is 2. The quantitative estimate of drug-likeness (QED) is 0.724. The van der Waals surface area contributed by atoms with E-state index in [2.05, 4.69) is 26.2 Å². The van der Waals surface area contributed by atoms with Crippen molar-refractivity contribution in [2.45, 2.75) is 19.3 Å². The first-order valence-corrected chi connectivity index (χ1v) is 8.71. The summed E-state index contributed by atoms with van der Waals surface area (Å²) in [5.74, 6) is -0.351. The van der Waals surface area contributed by atoms with Crippen LogP contribution in [-0.2, 0) is 16.0 Å². The van der Waals surface area contributed by atoms with Gasteiger partial charge in [0.2, 0.25) is 11.8 Å². The third kappa shape index (κ3) is 3.84. The Bertz CT molecular complexity index is 970. The fourth-order valence-corrected chi connectivity index (χ4v) is 3.18. The summed E-state index contributed by atoms with van der Waals surface area (Å²) in [6.45, 7) is 0. The van der Waals surface area contributed by atoms with Crippen molar-refractivity contribution in [1.82, 2.24) is 20.2 Å². The number of nitrogens with one attached hydrogen (secondary N) is 2. The highest BCUT2D eigenvalue weighted by molar-refractivity contribution is 5.96. The fraction of sp³-hybridized carbons (Fsp3) is 0.211. The van der Waals surface area contributed by atoms with E-state index in [0.29, 0.717) is 18.5 Å². The van der Waals surface area contributed by atoms with Crippen LogP contribution >= 0.6 is 0 Å². The van der Waals surface area contributed by atoms with E-state index in [0.717, 1.165) is 16.9 Å². The van der Waals surface area contributed by atoms with Gasteiger partial charge in [-0.15, -0.1) is 5.10 Å². The summed E-state index contributed by atoms with van der Waals surface area (Å²) in [7, 11) is 0. The van der Waals surface area contributed by atoms with Crippen LogP contribution in [0.25, 0.3) is 5.69 Å². The Kier molecular flexibility index (Phi) is 4.61. The average Bonchev–Trinajstić information content (AvgIpc) is 3.21. The van der Waals surface area contributed by atoms with Crippen molar-refractivity contribution in [1.29, 1.82) is 0 Å². The van der Waals surface area contributed by atoms with Crippen molar-refractivity contribution < 1.29 is 9.59 Å². The van der Waals surface area contributed by atoms with Crippen LogP contribution in [0.1, 0.15) is 18.4 Å². The first kappa shape index (κ1) is 16.9. The number of fused-ring (bicyclic) bond motifs is 1. The van der Waals surface area contributed by atoms with Gasteiger partial charge < -0.3 is 10.6 Å². The minimum atomic E-state index is -0.196. The zero-order valence-corrected chi connectivity index (χ0v) is 14.5. The number of hydrogen-bond acceptors (Lipinski definition) is 5. The summed E-state index contributed by atoms with van der Waals surface area (Å²) in [5.41, 5.74) is 3.38. The molecule has 1 aromatic heterocycles. The van der Waals surface area contributed by atoms with Crippen molar-refractivity contribution in [3.05, 3.63) is 60.4 Å². The number of aromatic nitrogens is 4. The molecule has 0 saturated carbocycles. The van der Waals surface area contributed by atoms with Crippen molar-refractivity contribution in [3.63, 3.8) is 0 Å². The van der Waals surface area contributed by atoms with Gasteiger partial charge in [0.25, 0.3) is 0 Å². The van der Waals surface area contributed by atoms with Crippen LogP contribution in [0.2, 0.25) is 0 Å². The van der Waals surface area contributed by atoms with Crippen LogP contribution in [0.3, 0.4) is 0 Å². The maximum atomic E-state index is 12.3. The van der Waals surface area contributed by atoms with Gasteiger partial charge in [-0.25, -0.2) is 4.68 Å². The molecule has 0 spiro atoms. The number of para-hydroxylation sites is 1. The van der Waals surface area contributed by atoms with E-state index in [-0.39, 0.29) is 24.2 Å². The molecular weight excluding hydrogens is 344 g/mol. The molecular formula is C19H18N6O2. The molecule has 2 aromatic carbocycles. The van der Waals surface area contributed by atoms with Gasteiger partial charge in [-0.1, -0.05) is 24.3 Å². The molecule has 2 heterocycles. The molecule has 4 rings (SSSR count). The molecule has 1 atom stereocenters. The number of carbonyl (C=O) groups is 2. The fourth-order valence-electron chi connectivity index (χ4n) is 3.18. The maximum Gasteiger partial charge on any atom is 0.227 e. The molecule has 0 saturated heterocycles. The Morgan fingerprint density at radius 1 is 1.22 bits per heavy atom. The molecule has 8 heteroatoms. The van der Waals surface area contributed by atoms with E-state index >= 15 is 0 Å². The van der Waals surface area contributed by atoms with Gasteiger partial charge in [0.15, 0.2) is 0 Å². The van der Waals surface area contributed by atoms with Crippen molar-refractivity contribution in [2.75, 3.05) is 10.6 Å². The highest BCUT2D eigenvalue weighted by Crippen LogP contribution is 2.27. The minimum Gasteiger partial charge on any atom is -0.326 e. The van der Waals surface area contributed by atoms with Gasteiger partial charge >= 0.3 is 0 Å². The van der Waals surface area contributed by atoms with Gasteiger partial charge in [0.1, 0.15) is 6.33 Å². The number of nitrogens with zero attached hydrogens (tertiary/aromatic N) is 4. The lowest BCUT2D eigenvalue weighted by Crippen LogP contribution is -2.30. The molecule has 3 aromatic rings. The van der Waals surface area contributed by atoms with Crippen LogP contribution in [-0.4, -0.2) is 32.0 Å². The number of carbonyl (C=O) groups excluding carboxylic acids is 2. The molecule has 136 valence electrons. The molecule has 0 unspecified atom stereocenters. The number of tetrazole rings is 1. The minimum absolute atomic E-state index is 0.0258. The summed E-state index contributed by atoms with van der Waals surface area (Å²) in [6, 6.07) is 15.0. The molecule has 1 aliphatic heterocycles. The largest absolute Gasteiger partial charge is 0.326 e. The number of benzene rings is 2. The van der Waals surface area contributed by atoms with Crippen LogP contribution in [0.5, 0.6) is 0 Å². The molecule has 8 nitrogen and oxygen atoms in total. The van der Waals surface area contributed by atoms with Crippen LogP contribution in [0, 0.1) is 5.92 Å². The van der Waals surface area contributed by atoms with E-state index in [1.807, 2.05) is 36.4 Å². The first-order valence-electron chi connectivity index (χ1n) is 8.71. The predicted molar refractivity (Wildman–Crippen MR) is 99.3 cm³/mol. The molecule has 1 aliphatic rings. The average molecular weight is 362 g/mol. The third-order valence-electron chi connectivity index (χ3n) is 4.58. The Labute approximate surface area is 155 Å². The van der Waals surface area contributed by atoms with Crippen LogP contribution < -0.4 is 10.6 Å². The number of rotatable bonds is 5. The number of anilines is 2. The molecule has 0 bridgehead atoms. The van der Waals surface area contributed by atoms with E-state index in [4.69, 9.17) is 0 Å². The summed E-state index contributed by atoms with van der Waals surface area (Å²) in [4.78, 5) is 24.6. The molecule has 27 heavy (non-hydrogen) atoms. The Morgan fingerprint density at radius 3 is 2.96 bits per heavy atom. The van der Waals surface area contributed by atoms with E-state index < -0.39 is 0 Å². The Morgan fingerprint density at radius 2 is 2.11 bits per heavy atom. The van der Waals surface area contributed by atoms with Gasteiger partial charge in [0.05, 0.1) is 5.69 Å². The summed E-state index contributed by atoms with van der Waals surface area (Å²) in [6.07, 6.45) is 2.92. The second-order valence-corrected chi connectivity index (χ2v) is 6.44. The highest BCUT2D eigenvalue weighted by Gasteiger charge is 2.26. The topological polar surface area (TPSA) is 102 Å². The van der Waals surface area contributed by atoms with Gasteiger partial charge in [0, 0.05) is 23.7 Å². The smallest absolute Gasteiger partial charge is 0.227 e. The van der Waals surface area contributed by atoms with E-state index in [1.165, 1.54) is 11.0 Å². The van der Waals surface area contributed by atoms with Crippen molar-refractivity contribution in [3.8, 4) is 5.69 Å². The second kappa shape index (κ2) is 7.36. The van der Waals surface area contributed by atoms with Crippen LogP contribution in [0.15, 0.2) is 54.9 Å². The van der Waals surface area contributed by atoms with Crippen molar-refractivity contribution >= 4 is 23.2 Å². The van der Waals surface area contributed by atoms with Gasteiger partial charge in [-0.05, 0) is 53.1 Å². The van der Waals surface area contributed by atoms with Crippen molar-refractivity contribution in [2.24, 2.45) is 5.92 Å². The first-order chi connectivity index (χ1) is 13.2. The molecule has 0 fully saturated rings. The molecule has 0 aliphatic carbocycles. The normalized spacial score (nSPS) is 15.7. The lowest BCUT2D eigenvalue weighted by atomic mass is 9.89. The van der Waals surface area contributed by atoms with E-state index in [1.54, 1.807) is 12.1 Å². The van der Waals surface area contributed by atoms with Gasteiger partial charge in [-0.2, -0.15) is 0 Å².